The van der Waals surface area contributed by atoms with Gasteiger partial charge < -0.3 is 19.4 Å². The normalized spacial score (nSPS) is 15.9. The van der Waals surface area contributed by atoms with Crippen LogP contribution in [0, 0.1) is 0 Å². The van der Waals surface area contributed by atoms with Gasteiger partial charge in [0.1, 0.15) is 18.6 Å². The van der Waals surface area contributed by atoms with Crippen LogP contribution in [0.25, 0.3) is 10.4 Å². The van der Waals surface area contributed by atoms with Gasteiger partial charge in [-0.25, -0.2) is 0 Å². The third kappa shape index (κ3) is 3.42. The molecule has 5 rings (SSSR count). The minimum absolute atomic E-state index is 0.0203. The number of ether oxygens (including phenoxy) is 1. The van der Waals surface area contributed by atoms with Crippen LogP contribution in [-0.4, -0.2) is 35.8 Å². The highest BCUT2D eigenvalue weighted by Crippen LogP contribution is 2.42. The second-order valence-electron chi connectivity index (χ2n) is 7.30. The number of para-hydroxylation sites is 1. The minimum atomic E-state index is -0.0542. The highest BCUT2D eigenvalue weighted by molar-refractivity contribution is 7.17. The van der Waals surface area contributed by atoms with Crippen molar-refractivity contribution in [3.8, 4) is 16.2 Å². The molecule has 3 aromatic rings. The molecule has 6 nitrogen and oxygen atoms in total. The van der Waals surface area contributed by atoms with Gasteiger partial charge in [-0.1, -0.05) is 12.1 Å². The van der Waals surface area contributed by atoms with Crippen LogP contribution >= 0.6 is 11.3 Å². The molecule has 0 spiro atoms. The number of rotatable bonds is 3. The first-order valence-electron chi connectivity index (χ1n) is 9.66. The van der Waals surface area contributed by atoms with Crippen LogP contribution < -0.4 is 10.1 Å². The van der Waals surface area contributed by atoms with Crippen LogP contribution in [0.15, 0.2) is 53.3 Å². The molecule has 2 aliphatic rings. The van der Waals surface area contributed by atoms with Crippen LogP contribution in [0.2, 0.25) is 0 Å². The molecule has 29 heavy (non-hydrogen) atoms. The number of amides is 2. The van der Waals surface area contributed by atoms with Gasteiger partial charge in [0.25, 0.3) is 11.8 Å². The number of benzene rings is 1. The summed E-state index contributed by atoms with van der Waals surface area (Å²) in [5, 5.41) is 3.14. The van der Waals surface area contributed by atoms with Gasteiger partial charge in [0.15, 0.2) is 0 Å². The summed E-state index contributed by atoms with van der Waals surface area (Å²) < 4.78 is 10.8. The molecular formula is C22H20N2O4S. The number of thiophene rings is 1. The number of likely N-dealkylation sites (tertiary alicyclic amines) is 1. The Morgan fingerprint density at radius 2 is 1.97 bits per heavy atom. The lowest BCUT2D eigenvalue weighted by Crippen LogP contribution is -2.46. The van der Waals surface area contributed by atoms with Gasteiger partial charge in [0.2, 0.25) is 0 Å². The number of carbonyl (C=O) groups excluding carboxylic acids is 2. The number of hydrogen-bond donors (Lipinski definition) is 1. The highest BCUT2D eigenvalue weighted by Gasteiger charge is 2.27. The van der Waals surface area contributed by atoms with Crippen molar-refractivity contribution in [2.24, 2.45) is 0 Å². The predicted octanol–water partition coefficient (Wildman–Crippen LogP) is 3.94. The molecule has 0 saturated carbocycles. The number of piperidine rings is 1. The van der Waals surface area contributed by atoms with E-state index >= 15 is 0 Å². The Hall–Kier alpha value is -3.06. The van der Waals surface area contributed by atoms with Crippen LogP contribution in [0.5, 0.6) is 5.75 Å². The molecule has 4 heterocycles. The molecule has 2 aliphatic heterocycles. The summed E-state index contributed by atoms with van der Waals surface area (Å²) in [6, 6.07) is 11.6. The van der Waals surface area contributed by atoms with Crippen molar-refractivity contribution in [3.05, 3.63) is 64.9 Å². The minimum Gasteiger partial charge on any atom is -0.488 e. The Morgan fingerprint density at radius 3 is 2.76 bits per heavy atom. The Bertz CT molecular complexity index is 1050. The number of hydrogen-bond acceptors (Lipinski definition) is 5. The van der Waals surface area contributed by atoms with Crippen molar-refractivity contribution in [3.63, 3.8) is 0 Å². The number of nitrogens with zero attached hydrogens (tertiary/aromatic N) is 1. The molecule has 1 N–H and O–H groups in total. The van der Waals surface area contributed by atoms with E-state index in [0.717, 1.165) is 34.6 Å². The van der Waals surface area contributed by atoms with Crippen molar-refractivity contribution >= 4 is 23.2 Å². The first-order valence-corrected chi connectivity index (χ1v) is 10.5. The smallest absolute Gasteiger partial charge is 0.261 e. The summed E-state index contributed by atoms with van der Waals surface area (Å²) >= 11 is 1.51. The summed E-state index contributed by atoms with van der Waals surface area (Å²) in [5.74, 6) is 0.790. The Labute approximate surface area is 172 Å². The van der Waals surface area contributed by atoms with Gasteiger partial charge in [-0.05, 0) is 37.1 Å². The zero-order valence-electron chi connectivity index (χ0n) is 15.7. The quantitative estimate of drug-likeness (QED) is 0.713. The number of furan rings is 1. The summed E-state index contributed by atoms with van der Waals surface area (Å²) in [6.45, 7) is 1.73. The second-order valence-corrected chi connectivity index (χ2v) is 8.35. The molecule has 0 unspecified atom stereocenters. The van der Waals surface area contributed by atoms with E-state index in [1.807, 2.05) is 35.2 Å². The van der Waals surface area contributed by atoms with Crippen LogP contribution in [0.1, 0.15) is 38.4 Å². The molecule has 1 saturated heterocycles. The third-order valence-electron chi connectivity index (χ3n) is 5.43. The van der Waals surface area contributed by atoms with Crippen LogP contribution in [-0.2, 0) is 6.61 Å². The van der Waals surface area contributed by atoms with Crippen molar-refractivity contribution in [2.75, 3.05) is 13.1 Å². The van der Waals surface area contributed by atoms with Crippen molar-refractivity contribution in [1.29, 1.82) is 0 Å². The molecule has 0 radical (unpaired) electrons. The fourth-order valence-electron chi connectivity index (χ4n) is 3.86. The zero-order valence-corrected chi connectivity index (χ0v) is 16.5. The molecule has 1 fully saturated rings. The highest BCUT2D eigenvalue weighted by atomic mass is 32.1. The van der Waals surface area contributed by atoms with Gasteiger partial charge in [-0.2, -0.15) is 0 Å². The van der Waals surface area contributed by atoms with Crippen molar-refractivity contribution < 1.29 is 18.7 Å². The molecule has 0 atom stereocenters. The average Bonchev–Trinajstić information content (AvgIpc) is 3.44. The van der Waals surface area contributed by atoms with E-state index in [4.69, 9.17) is 9.15 Å². The predicted molar refractivity (Wildman–Crippen MR) is 109 cm³/mol. The van der Waals surface area contributed by atoms with E-state index < -0.39 is 0 Å². The van der Waals surface area contributed by atoms with Crippen molar-refractivity contribution in [2.45, 2.75) is 25.5 Å². The molecule has 1 aromatic carbocycles. The SMILES string of the molecule is O=C(NC1CCN(C(=O)c2ccoc2)CC1)c1cc2c(s1)-c1ccccc1OC2. The summed E-state index contributed by atoms with van der Waals surface area (Å²) in [6.07, 6.45) is 4.46. The van der Waals surface area contributed by atoms with Crippen LogP contribution in [0.4, 0.5) is 0 Å². The summed E-state index contributed by atoms with van der Waals surface area (Å²) in [7, 11) is 0. The van der Waals surface area contributed by atoms with E-state index in [1.165, 1.54) is 23.9 Å². The van der Waals surface area contributed by atoms with Crippen molar-refractivity contribution in [1.82, 2.24) is 10.2 Å². The lowest BCUT2D eigenvalue weighted by Gasteiger charge is -2.32. The first kappa shape index (κ1) is 18.0. The Morgan fingerprint density at radius 1 is 1.14 bits per heavy atom. The zero-order chi connectivity index (χ0) is 19.8. The maximum Gasteiger partial charge on any atom is 0.261 e. The van der Waals surface area contributed by atoms with E-state index in [1.54, 1.807) is 6.07 Å². The molecule has 0 aliphatic carbocycles. The Kier molecular flexibility index (Phi) is 4.60. The number of nitrogens with one attached hydrogen (secondary N) is 1. The summed E-state index contributed by atoms with van der Waals surface area (Å²) in [5.41, 5.74) is 2.67. The molecule has 2 aromatic heterocycles. The van der Waals surface area contributed by atoms with Gasteiger partial charge in [-0.3, -0.25) is 9.59 Å². The monoisotopic (exact) mass is 408 g/mol. The number of fused-ring (bicyclic) bond motifs is 3. The largest absolute Gasteiger partial charge is 0.488 e. The van der Waals surface area contributed by atoms with Crippen LogP contribution in [0.3, 0.4) is 0 Å². The van der Waals surface area contributed by atoms with E-state index in [-0.39, 0.29) is 17.9 Å². The first-order chi connectivity index (χ1) is 14.2. The van der Waals surface area contributed by atoms with E-state index in [9.17, 15) is 9.59 Å². The standard InChI is InChI=1S/C22H20N2O4S/c25-21(19-11-15-13-28-18-4-2-1-3-17(18)20(15)29-19)23-16-5-8-24(9-6-16)22(26)14-7-10-27-12-14/h1-4,7,10-12,16H,5-6,8-9,13H2,(H,23,25). The van der Waals surface area contributed by atoms with Gasteiger partial charge in [0.05, 0.1) is 16.7 Å². The average molecular weight is 408 g/mol. The molecule has 7 heteroatoms. The van der Waals surface area contributed by atoms with Gasteiger partial charge >= 0.3 is 0 Å². The second kappa shape index (κ2) is 7.40. The van der Waals surface area contributed by atoms with E-state index in [0.29, 0.717) is 30.1 Å². The maximum atomic E-state index is 12.8. The molecule has 0 bridgehead atoms. The molecule has 2 amide bonds. The Balaban J connectivity index is 1.23. The summed E-state index contributed by atoms with van der Waals surface area (Å²) in [4.78, 5) is 28.8. The third-order valence-corrected chi connectivity index (χ3v) is 6.64. The molecular weight excluding hydrogens is 388 g/mol. The fraction of sp³-hybridized carbons (Fsp3) is 0.273. The fourth-order valence-corrected chi connectivity index (χ4v) is 4.96. The maximum absolute atomic E-state index is 12.8. The number of carbonyl (C=O) groups is 2. The topological polar surface area (TPSA) is 71.8 Å². The van der Waals surface area contributed by atoms with E-state index in [2.05, 4.69) is 5.32 Å². The lowest BCUT2D eigenvalue weighted by molar-refractivity contribution is 0.0697. The molecule has 148 valence electrons. The lowest BCUT2D eigenvalue weighted by atomic mass is 10.0. The van der Waals surface area contributed by atoms with Gasteiger partial charge in [-0.15, -0.1) is 11.3 Å². The van der Waals surface area contributed by atoms with Gasteiger partial charge in [0, 0.05) is 35.1 Å².